The summed E-state index contributed by atoms with van der Waals surface area (Å²) in [6.45, 7) is 2.74. The Balaban J connectivity index is 1.51. The van der Waals surface area contributed by atoms with Gasteiger partial charge in [0.25, 0.3) is 0 Å². The molecule has 3 heterocycles. The maximum Gasteiger partial charge on any atom is 0.134 e. The van der Waals surface area contributed by atoms with Crippen molar-refractivity contribution in [1.82, 2.24) is 15.3 Å². The number of furan rings is 1. The molecular weight excluding hydrogens is 316 g/mol. The average molecular weight is 342 g/mol. The Morgan fingerprint density at radius 1 is 1.28 bits per heavy atom. The zero-order valence-electron chi connectivity index (χ0n) is 14.5. The van der Waals surface area contributed by atoms with Crippen LogP contribution in [0, 0.1) is 5.92 Å². The lowest BCUT2D eigenvalue weighted by Crippen LogP contribution is -2.22. The van der Waals surface area contributed by atoms with E-state index in [2.05, 4.69) is 10.6 Å². The molecule has 2 aromatic heterocycles. The Kier molecular flexibility index (Phi) is 4.99. The van der Waals surface area contributed by atoms with E-state index >= 15 is 0 Å². The van der Waals surface area contributed by atoms with E-state index in [0.717, 1.165) is 49.8 Å². The van der Waals surface area contributed by atoms with Crippen LogP contribution < -0.4 is 10.6 Å². The Bertz CT molecular complexity index is 698. The molecule has 0 saturated heterocycles. The fourth-order valence-electron chi connectivity index (χ4n) is 3.39. The van der Waals surface area contributed by atoms with Crippen LogP contribution in [0.4, 0.5) is 5.82 Å². The van der Waals surface area contributed by atoms with Gasteiger partial charge in [-0.2, -0.15) is 0 Å². The molecule has 4 rings (SSSR count). The van der Waals surface area contributed by atoms with E-state index in [1.165, 1.54) is 24.1 Å². The van der Waals surface area contributed by atoms with Gasteiger partial charge in [-0.15, -0.1) is 0 Å². The molecule has 1 atom stereocenters. The van der Waals surface area contributed by atoms with Gasteiger partial charge in [0.2, 0.25) is 0 Å². The summed E-state index contributed by atoms with van der Waals surface area (Å²) in [5, 5.41) is 16.7. The molecule has 0 spiro atoms. The maximum absolute atomic E-state index is 9.71. The monoisotopic (exact) mass is 342 g/mol. The standard InChI is InChI=1S/C19H26N4O2/c24-12-13(10-15-2-1-9-25-15)11-21-19-16-5-7-20-8-6-17(16)22-18(23-19)14-3-4-14/h1-2,9,13-14,20,24H,3-8,10-12H2,(H,21,22,23). The van der Waals surface area contributed by atoms with E-state index in [1.807, 2.05) is 12.1 Å². The van der Waals surface area contributed by atoms with Crippen molar-refractivity contribution in [3.8, 4) is 0 Å². The van der Waals surface area contributed by atoms with Crippen LogP contribution in [-0.2, 0) is 19.3 Å². The van der Waals surface area contributed by atoms with E-state index in [-0.39, 0.29) is 12.5 Å². The van der Waals surface area contributed by atoms with Crippen molar-refractivity contribution in [3.05, 3.63) is 41.2 Å². The van der Waals surface area contributed by atoms with Gasteiger partial charge >= 0.3 is 0 Å². The minimum absolute atomic E-state index is 0.102. The molecule has 6 heteroatoms. The minimum atomic E-state index is 0.102. The zero-order chi connectivity index (χ0) is 17.1. The molecule has 1 fully saturated rings. The number of nitrogens with zero attached hydrogens (tertiary/aromatic N) is 2. The maximum atomic E-state index is 9.71. The quantitative estimate of drug-likeness (QED) is 0.713. The lowest BCUT2D eigenvalue weighted by Gasteiger charge is -2.18. The molecule has 2 aliphatic rings. The van der Waals surface area contributed by atoms with Gasteiger partial charge in [-0.1, -0.05) is 0 Å². The van der Waals surface area contributed by atoms with Crippen LogP contribution in [0.3, 0.4) is 0 Å². The number of nitrogens with one attached hydrogen (secondary N) is 2. The molecule has 1 aliphatic carbocycles. The second kappa shape index (κ2) is 7.54. The highest BCUT2D eigenvalue weighted by Crippen LogP contribution is 2.39. The SMILES string of the molecule is OCC(CNc1nc(C2CC2)nc2c1CCNCC2)Cc1ccco1. The summed E-state index contributed by atoms with van der Waals surface area (Å²) in [7, 11) is 0. The molecule has 0 aromatic carbocycles. The van der Waals surface area contributed by atoms with E-state index in [0.29, 0.717) is 12.5 Å². The van der Waals surface area contributed by atoms with Crippen molar-refractivity contribution < 1.29 is 9.52 Å². The molecule has 25 heavy (non-hydrogen) atoms. The summed E-state index contributed by atoms with van der Waals surface area (Å²) in [5.74, 6) is 3.51. The third-order valence-corrected chi connectivity index (χ3v) is 5.03. The second-order valence-corrected chi connectivity index (χ2v) is 7.09. The van der Waals surface area contributed by atoms with E-state index in [1.54, 1.807) is 6.26 Å². The van der Waals surface area contributed by atoms with Crippen molar-refractivity contribution in [3.63, 3.8) is 0 Å². The Labute approximate surface area is 148 Å². The number of anilines is 1. The fraction of sp³-hybridized carbons (Fsp3) is 0.579. The molecule has 2 aromatic rings. The van der Waals surface area contributed by atoms with Crippen molar-refractivity contribution in [2.75, 3.05) is 31.6 Å². The molecule has 0 amide bonds. The van der Waals surface area contributed by atoms with E-state index < -0.39 is 0 Å². The summed E-state index contributed by atoms with van der Waals surface area (Å²) in [6.07, 6.45) is 6.71. The summed E-state index contributed by atoms with van der Waals surface area (Å²) in [5.41, 5.74) is 2.43. The molecule has 1 unspecified atom stereocenters. The van der Waals surface area contributed by atoms with Crippen molar-refractivity contribution >= 4 is 5.82 Å². The van der Waals surface area contributed by atoms with Gasteiger partial charge in [0.05, 0.1) is 12.0 Å². The Morgan fingerprint density at radius 3 is 2.92 bits per heavy atom. The lowest BCUT2D eigenvalue weighted by atomic mass is 10.0. The van der Waals surface area contributed by atoms with Crippen LogP contribution in [0.2, 0.25) is 0 Å². The van der Waals surface area contributed by atoms with Crippen LogP contribution in [0.15, 0.2) is 22.8 Å². The average Bonchev–Trinajstić information content (AvgIpc) is 3.40. The van der Waals surface area contributed by atoms with Gasteiger partial charge in [-0.05, 0) is 37.9 Å². The van der Waals surface area contributed by atoms with Crippen molar-refractivity contribution in [2.45, 2.75) is 38.0 Å². The summed E-state index contributed by atoms with van der Waals surface area (Å²) in [4.78, 5) is 9.69. The van der Waals surface area contributed by atoms with Gasteiger partial charge in [0.15, 0.2) is 0 Å². The van der Waals surface area contributed by atoms with Gasteiger partial charge in [0, 0.05) is 49.9 Å². The van der Waals surface area contributed by atoms with Crippen molar-refractivity contribution in [1.29, 1.82) is 0 Å². The molecule has 1 saturated carbocycles. The predicted octanol–water partition coefficient (Wildman–Crippen LogP) is 1.90. The first-order valence-electron chi connectivity index (χ1n) is 9.31. The van der Waals surface area contributed by atoms with Crippen LogP contribution in [0.5, 0.6) is 0 Å². The molecule has 3 N–H and O–H groups in total. The predicted molar refractivity (Wildman–Crippen MR) is 95.8 cm³/mol. The molecule has 0 bridgehead atoms. The Hall–Kier alpha value is -1.92. The topological polar surface area (TPSA) is 83.2 Å². The summed E-state index contributed by atoms with van der Waals surface area (Å²) < 4.78 is 5.41. The number of aliphatic hydroxyl groups is 1. The van der Waals surface area contributed by atoms with E-state index in [4.69, 9.17) is 14.4 Å². The van der Waals surface area contributed by atoms with Crippen molar-refractivity contribution in [2.24, 2.45) is 5.92 Å². The van der Waals surface area contributed by atoms with Gasteiger partial charge in [0.1, 0.15) is 17.4 Å². The van der Waals surface area contributed by atoms with Crippen LogP contribution >= 0.6 is 0 Å². The second-order valence-electron chi connectivity index (χ2n) is 7.09. The number of hydrogen-bond acceptors (Lipinski definition) is 6. The van der Waals surface area contributed by atoms with Crippen LogP contribution in [0.1, 0.15) is 41.6 Å². The molecular formula is C19H26N4O2. The van der Waals surface area contributed by atoms with Gasteiger partial charge in [-0.3, -0.25) is 0 Å². The number of hydrogen-bond donors (Lipinski definition) is 3. The summed E-state index contributed by atoms with van der Waals surface area (Å²) in [6, 6.07) is 3.84. The smallest absolute Gasteiger partial charge is 0.134 e. The van der Waals surface area contributed by atoms with Crippen LogP contribution in [-0.4, -0.2) is 41.3 Å². The number of aromatic nitrogens is 2. The first-order valence-corrected chi connectivity index (χ1v) is 9.31. The first-order chi connectivity index (χ1) is 12.3. The molecule has 1 aliphatic heterocycles. The minimum Gasteiger partial charge on any atom is -0.469 e. The van der Waals surface area contributed by atoms with Gasteiger partial charge in [-0.25, -0.2) is 9.97 Å². The normalized spacial score (nSPS) is 18.4. The third-order valence-electron chi connectivity index (χ3n) is 5.03. The zero-order valence-corrected chi connectivity index (χ0v) is 14.5. The third kappa shape index (κ3) is 4.02. The highest BCUT2D eigenvalue weighted by Gasteiger charge is 2.29. The first kappa shape index (κ1) is 16.5. The summed E-state index contributed by atoms with van der Waals surface area (Å²) >= 11 is 0. The fourth-order valence-corrected chi connectivity index (χ4v) is 3.39. The highest BCUT2D eigenvalue weighted by molar-refractivity contribution is 5.48. The molecule has 6 nitrogen and oxygen atoms in total. The van der Waals surface area contributed by atoms with E-state index in [9.17, 15) is 5.11 Å². The largest absolute Gasteiger partial charge is 0.469 e. The number of aliphatic hydroxyl groups excluding tert-OH is 1. The lowest BCUT2D eigenvalue weighted by molar-refractivity contribution is 0.226. The number of rotatable bonds is 7. The van der Waals surface area contributed by atoms with Crippen LogP contribution in [0.25, 0.3) is 0 Å². The van der Waals surface area contributed by atoms with Gasteiger partial charge < -0.3 is 20.2 Å². The molecule has 134 valence electrons. The Morgan fingerprint density at radius 2 is 2.16 bits per heavy atom. The molecule has 0 radical (unpaired) electrons. The highest BCUT2D eigenvalue weighted by atomic mass is 16.3. The number of fused-ring (bicyclic) bond motifs is 1.